The number of hydrogen-bond acceptors (Lipinski definition) is 6. The lowest BCUT2D eigenvalue weighted by atomic mass is 9.95. The molecule has 33 heavy (non-hydrogen) atoms. The summed E-state index contributed by atoms with van der Waals surface area (Å²) < 4.78 is 5.25. The minimum Gasteiger partial charge on any atom is -0.497 e. The molecule has 0 aliphatic carbocycles. The fraction of sp³-hybridized carbons (Fsp3) is 0.125. The fourth-order valence-corrected chi connectivity index (χ4v) is 4.17. The van der Waals surface area contributed by atoms with Gasteiger partial charge in [0.25, 0.3) is 11.6 Å². The van der Waals surface area contributed by atoms with Crippen molar-refractivity contribution in [2.24, 2.45) is 0 Å². The van der Waals surface area contributed by atoms with Crippen LogP contribution in [0.1, 0.15) is 33.2 Å². The fourth-order valence-electron chi connectivity index (χ4n) is 4.17. The SMILES string of the molecule is COc1ccc(-c2n[nH]c3c2C(c2cccc([N+](=O)[O-])c2)N(Cc2cccnc2)C3=O)cc1. The van der Waals surface area contributed by atoms with E-state index < -0.39 is 11.0 Å². The molecule has 9 heteroatoms. The third kappa shape index (κ3) is 3.59. The van der Waals surface area contributed by atoms with E-state index in [0.717, 1.165) is 11.1 Å². The van der Waals surface area contributed by atoms with Crippen LogP contribution in [-0.4, -0.2) is 38.0 Å². The first-order chi connectivity index (χ1) is 16.1. The Morgan fingerprint density at radius 2 is 1.97 bits per heavy atom. The van der Waals surface area contributed by atoms with Crippen molar-refractivity contribution in [3.8, 4) is 17.0 Å². The number of pyridine rings is 1. The minimum atomic E-state index is -0.552. The van der Waals surface area contributed by atoms with Crippen LogP contribution in [0.5, 0.6) is 5.75 Å². The van der Waals surface area contributed by atoms with Gasteiger partial charge in [0.15, 0.2) is 0 Å². The molecule has 1 unspecified atom stereocenters. The maximum Gasteiger partial charge on any atom is 0.273 e. The first-order valence-corrected chi connectivity index (χ1v) is 10.2. The zero-order chi connectivity index (χ0) is 22.9. The average Bonchev–Trinajstić information content (AvgIpc) is 3.39. The van der Waals surface area contributed by atoms with Crippen molar-refractivity contribution in [1.82, 2.24) is 20.1 Å². The monoisotopic (exact) mass is 441 g/mol. The van der Waals surface area contributed by atoms with Gasteiger partial charge in [-0.15, -0.1) is 0 Å². The molecule has 9 nitrogen and oxygen atoms in total. The summed E-state index contributed by atoms with van der Waals surface area (Å²) in [6, 6.07) is 16.9. The summed E-state index contributed by atoms with van der Waals surface area (Å²) in [5.74, 6) is 0.480. The number of methoxy groups -OCH3 is 1. The first-order valence-electron chi connectivity index (χ1n) is 10.2. The number of fused-ring (bicyclic) bond motifs is 1. The number of non-ortho nitro benzene ring substituents is 1. The van der Waals surface area contributed by atoms with Crippen LogP contribution < -0.4 is 4.74 Å². The zero-order valence-corrected chi connectivity index (χ0v) is 17.6. The van der Waals surface area contributed by atoms with E-state index in [-0.39, 0.29) is 11.6 Å². The third-order valence-electron chi connectivity index (χ3n) is 5.70. The molecule has 1 amide bonds. The molecule has 1 aliphatic heterocycles. The summed E-state index contributed by atoms with van der Waals surface area (Å²) in [6.45, 7) is 0.296. The minimum absolute atomic E-state index is 0.0378. The zero-order valence-electron chi connectivity index (χ0n) is 17.6. The maximum atomic E-state index is 13.4. The summed E-state index contributed by atoms with van der Waals surface area (Å²) in [5.41, 5.74) is 3.94. The van der Waals surface area contributed by atoms with Gasteiger partial charge < -0.3 is 9.64 Å². The molecule has 5 rings (SSSR count). The third-order valence-corrected chi connectivity index (χ3v) is 5.70. The number of aromatic nitrogens is 3. The highest BCUT2D eigenvalue weighted by Crippen LogP contribution is 2.44. The second kappa shape index (κ2) is 8.19. The van der Waals surface area contributed by atoms with Crippen molar-refractivity contribution >= 4 is 11.6 Å². The van der Waals surface area contributed by atoms with Crippen LogP contribution in [0.3, 0.4) is 0 Å². The van der Waals surface area contributed by atoms with Crippen LogP contribution in [0.25, 0.3) is 11.3 Å². The van der Waals surface area contributed by atoms with Gasteiger partial charge in [-0.25, -0.2) is 0 Å². The number of carbonyl (C=O) groups is 1. The number of aromatic amines is 1. The van der Waals surface area contributed by atoms with Crippen LogP contribution in [0.4, 0.5) is 5.69 Å². The van der Waals surface area contributed by atoms with Crippen molar-refractivity contribution in [3.63, 3.8) is 0 Å². The number of hydrogen-bond donors (Lipinski definition) is 1. The standard InChI is InChI=1S/C24H19N5O4/c1-33-19-9-7-16(8-10-19)21-20-22(27-26-21)24(30)28(14-15-4-3-11-25-13-15)23(20)17-5-2-6-18(12-17)29(31)32/h2-13,23H,14H2,1H3,(H,26,27). The van der Waals surface area contributed by atoms with Crippen molar-refractivity contribution in [1.29, 1.82) is 0 Å². The topological polar surface area (TPSA) is 114 Å². The van der Waals surface area contributed by atoms with Gasteiger partial charge in [0.05, 0.1) is 23.8 Å². The number of nitro benzene ring substituents is 1. The number of nitrogens with zero attached hydrogens (tertiary/aromatic N) is 4. The lowest BCUT2D eigenvalue weighted by Gasteiger charge is -2.26. The first kappa shape index (κ1) is 20.4. The maximum absolute atomic E-state index is 13.4. The molecule has 2 aromatic heterocycles. The second-order valence-electron chi connectivity index (χ2n) is 7.64. The van der Waals surface area contributed by atoms with Crippen molar-refractivity contribution < 1.29 is 14.5 Å². The van der Waals surface area contributed by atoms with Gasteiger partial charge in [-0.2, -0.15) is 5.10 Å². The number of benzene rings is 2. The molecule has 1 aliphatic rings. The molecule has 164 valence electrons. The smallest absolute Gasteiger partial charge is 0.273 e. The Balaban J connectivity index is 1.65. The summed E-state index contributed by atoms with van der Waals surface area (Å²) in [4.78, 5) is 30.3. The van der Waals surface area contributed by atoms with E-state index in [1.54, 1.807) is 36.5 Å². The number of H-pyrrole nitrogens is 1. The predicted molar refractivity (Wildman–Crippen MR) is 120 cm³/mol. The van der Waals surface area contributed by atoms with E-state index in [0.29, 0.717) is 34.8 Å². The highest BCUT2D eigenvalue weighted by molar-refractivity contribution is 6.00. The molecule has 0 spiro atoms. The summed E-state index contributed by atoms with van der Waals surface area (Å²) >= 11 is 0. The van der Waals surface area contributed by atoms with E-state index in [1.807, 2.05) is 36.4 Å². The summed E-state index contributed by atoms with van der Waals surface area (Å²) in [6.07, 6.45) is 3.37. The lowest BCUT2D eigenvalue weighted by molar-refractivity contribution is -0.384. The van der Waals surface area contributed by atoms with Crippen molar-refractivity contribution in [2.45, 2.75) is 12.6 Å². The molecule has 0 fully saturated rings. The molecule has 1 atom stereocenters. The molecule has 1 N–H and O–H groups in total. The number of carbonyl (C=O) groups excluding carboxylic acids is 1. The number of rotatable bonds is 6. The quantitative estimate of drug-likeness (QED) is 0.355. The van der Waals surface area contributed by atoms with Crippen LogP contribution in [-0.2, 0) is 6.54 Å². The Morgan fingerprint density at radius 1 is 1.15 bits per heavy atom. The molecule has 0 saturated carbocycles. The van der Waals surface area contributed by atoms with Gasteiger partial charge in [-0.1, -0.05) is 18.2 Å². The van der Waals surface area contributed by atoms with Gasteiger partial charge in [0, 0.05) is 42.2 Å². The Bertz CT molecular complexity index is 1330. The van der Waals surface area contributed by atoms with E-state index in [2.05, 4.69) is 15.2 Å². The second-order valence-corrected chi connectivity index (χ2v) is 7.64. The molecular weight excluding hydrogens is 422 g/mol. The lowest BCUT2D eigenvalue weighted by Crippen LogP contribution is -2.29. The molecule has 3 heterocycles. The molecule has 2 aromatic carbocycles. The van der Waals surface area contributed by atoms with Gasteiger partial charge in [-0.3, -0.25) is 25.0 Å². The average molecular weight is 441 g/mol. The molecular formula is C24H19N5O4. The van der Waals surface area contributed by atoms with E-state index >= 15 is 0 Å². The Labute approximate surface area is 188 Å². The summed E-state index contributed by atoms with van der Waals surface area (Å²) in [7, 11) is 1.59. The van der Waals surface area contributed by atoms with Gasteiger partial charge in [0.1, 0.15) is 11.4 Å². The molecule has 4 aromatic rings. The molecule has 0 bridgehead atoms. The van der Waals surface area contributed by atoms with Crippen LogP contribution in [0, 0.1) is 10.1 Å². The van der Waals surface area contributed by atoms with Gasteiger partial charge in [-0.05, 0) is 41.5 Å². The highest BCUT2D eigenvalue weighted by atomic mass is 16.6. The van der Waals surface area contributed by atoms with E-state index in [4.69, 9.17) is 4.74 Å². The molecule has 0 saturated heterocycles. The van der Waals surface area contributed by atoms with Crippen LogP contribution >= 0.6 is 0 Å². The number of amides is 1. The van der Waals surface area contributed by atoms with Crippen molar-refractivity contribution in [3.05, 3.63) is 106 Å². The number of nitrogens with one attached hydrogen (secondary N) is 1. The number of ether oxygens (including phenoxy) is 1. The van der Waals surface area contributed by atoms with Crippen LogP contribution in [0.15, 0.2) is 73.1 Å². The van der Waals surface area contributed by atoms with E-state index in [9.17, 15) is 14.9 Å². The van der Waals surface area contributed by atoms with Crippen LogP contribution in [0.2, 0.25) is 0 Å². The Morgan fingerprint density at radius 3 is 2.67 bits per heavy atom. The highest BCUT2D eigenvalue weighted by Gasteiger charge is 2.42. The number of nitro groups is 1. The predicted octanol–water partition coefficient (Wildman–Crippen LogP) is 4.13. The van der Waals surface area contributed by atoms with Crippen molar-refractivity contribution in [2.75, 3.05) is 7.11 Å². The van der Waals surface area contributed by atoms with Gasteiger partial charge in [0.2, 0.25) is 0 Å². The summed E-state index contributed by atoms with van der Waals surface area (Å²) in [5, 5.41) is 18.8. The molecule has 0 radical (unpaired) electrons. The normalized spacial score (nSPS) is 14.9. The van der Waals surface area contributed by atoms with E-state index in [1.165, 1.54) is 12.1 Å². The Kier molecular flexibility index (Phi) is 5.06. The Hall–Kier alpha value is -4.53. The largest absolute Gasteiger partial charge is 0.497 e. The van der Waals surface area contributed by atoms with Gasteiger partial charge >= 0.3 is 0 Å².